The number of likely N-dealkylation sites (tertiary alicyclic amines) is 1. The summed E-state index contributed by atoms with van der Waals surface area (Å²) in [6.45, 7) is 1.29. The summed E-state index contributed by atoms with van der Waals surface area (Å²) in [5.74, 6) is 0.402. The monoisotopic (exact) mass is 362 g/mol. The van der Waals surface area contributed by atoms with Gasteiger partial charge in [-0.3, -0.25) is 9.59 Å². The molecule has 1 fully saturated rings. The number of nitrogens with one attached hydrogen (secondary N) is 1. The van der Waals surface area contributed by atoms with Crippen molar-refractivity contribution in [1.82, 2.24) is 24.6 Å². The second kappa shape index (κ2) is 7.36. The number of nitrogens with zero attached hydrogens (tertiary/aromatic N) is 5. The summed E-state index contributed by atoms with van der Waals surface area (Å²) < 4.78 is 1.49. The number of carbonyl (C=O) groups excluding carboxylic acids is 2. The van der Waals surface area contributed by atoms with Gasteiger partial charge in [0, 0.05) is 31.3 Å². The Kier molecular flexibility index (Phi) is 4.61. The van der Waals surface area contributed by atoms with E-state index in [2.05, 4.69) is 20.4 Å². The van der Waals surface area contributed by atoms with E-state index in [-0.39, 0.29) is 11.8 Å². The topological polar surface area (TPSA) is 93.0 Å². The van der Waals surface area contributed by atoms with E-state index in [1.807, 2.05) is 23.1 Å². The Balaban J connectivity index is 1.53. The van der Waals surface area contributed by atoms with Crippen LogP contribution in [0.2, 0.25) is 0 Å². The minimum Gasteiger partial charge on any atom is -0.338 e. The highest BCUT2D eigenvalue weighted by atomic mass is 16.2. The zero-order valence-corrected chi connectivity index (χ0v) is 14.6. The Morgan fingerprint density at radius 2 is 2.15 bits per heavy atom. The van der Waals surface area contributed by atoms with Gasteiger partial charge in [-0.1, -0.05) is 12.1 Å². The van der Waals surface area contributed by atoms with Crippen LogP contribution in [0.4, 0.5) is 5.69 Å². The average Bonchev–Trinajstić information content (AvgIpc) is 3.35. The summed E-state index contributed by atoms with van der Waals surface area (Å²) >= 11 is 0. The molecule has 8 heteroatoms. The number of hydrogen-bond acceptors (Lipinski definition) is 5. The van der Waals surface area contributed by atoms with Crippen molar-refractivity contribution in [3.05, 3.63) is 66.4 Å². The van der Waals surface area contributed by atoms with Crippen LogP contribution < -0.4 is 5.32 Å². The fraction of sp³-hybridized carbons (Fsp3) is 0.211. The molecule has 1 aliphatic heterocycles. The second-order valence-electron chi connectivity index (χ2n) is 6.29. The molecule has 3 heterocycles. The number of anilines is 1. The number of rotatable bonds is 5. The zero-order chi connectivity index (χ0) is 18.6. The van der Waals surface area contributed by atoms with Gasteiger partial charge in [0.05, 0.1) is 5.69 Å². The van der Waals surface area contributed by atoms with Gasteiger partial charge < -0.3 is 10.2 Å². The first kappa shape index (κ1) is 16.9. The van der Waals surface area contributed by atoms with E-state index in [0.29, 0.717) is 30.0 Å². The first-order valence-electron chi connectivity index (χ1n) is 8.69. The Bertz CT molecular complexity index is 970. The van der Waals surface area contributed by atoms with E-state index >= 15 is 0 Å². The molecule has 0 unspecified atom stereocenters. The van der Waals surface area contributed by atoms with Gasteiger partial charge in [0.15, 0.2) is 5.82 Å². The van der Waals surface area contributed by atoms with Crippen LogP contribution in [0.25, 0.3) is 5.82 Å². The van der Waals surface area contributed by atoms with E-state index in [1.165, 1.54) is 17.3 Å². The number of aromatic nitrogens is 4. The maximum absolute atomic E-state index is 12.7. The van der Waals surface area contributed by atoms with Crippen LogP contribution in [0, 0.1) is 0 Å². The van der Waals surface area contributed by atoms with Crippen LogP contribution in [-0.4, -0.2) is 43.0 Å². The van der Waals surface area contributed by atoms with Crippen molar-refractivity contribution < 1.29 is 9.59 Å². The van der Waals surface area contributed by atoms with Gasteiger partial charge in [-0.2, -0.15) is 5.10 Å². The molecular formula is C19H18N6O2. The van der Waals surface area contributed by atoms with Crippen molar-refractivity contribution in [3.8, 4) is 5.82 Å². The van der Waals surface area contributed by atoms with Crippen molar-refractivity contribution in [2.45, 2.75) is 19.4 Å². The molecule has 1 aromatic carbocycles. The SMILES string of the molecule is O=C(Nc1cccnc1-n1cncn1)c1cccc(CN2CCCC2=O)c1. The smallest absolute Gasteiger partial charge is 0.255 e. The van der Waals surface area contributed by atoms with Gasteiger partial charge >= 0.3 is 0 Å². The van der Waals surface area contributed by atoms with Crippen molar-refractivity contribution >= 4 is 17.5 Å². The van der Waals surface area contributed by atoms with Crippen LogP contribution in [0.3, 0.4) is 0 Å². The number of benzene rings is 1. The van der Waals surface area contributed by atoms with Gasteiger partial charge in [0.25, 0.3) is 5.91 Å². The molecule has 0 atom stereocenters. The lowest BCUT2D eigenvalue weighted by Gasteiger charge is -2.16. The maximum Gasteiger partial charge on any atom is 0.255 e. The molecule has 2 amide bonds. The van der Waals surface area contributed by atoms with Crippen LogP contribution in [0.1, 0.15) is 28.8 Å². The highest BCUT2D eigenvalue weighted by Gasteiger charge is 2.20. The molecule has 0 radical (unpaired) electrons. The second-order valence-corrected chi connectivity index (χ2v) is 6.29. The summed E-state index contributed by atoms with van der Waals surface area (Å²) in [6.07, 6.45) is 6.05. The zero-order valence-electron chi connectivity index (χ0n) is 14.6. The highest BCUT2D eigenvalue weighted by Crippen LogP contribution is 2.19. The molecule has 136 valence electrons. The molecule has 0 spiro atoms. The standard InChI is InChI=1S/C19H18N6O2/c26-17-7-3-9-24(17)11-14-4-1-5-15(10-14)19(27)23-16-6-2-8-21-18(16)25-13-20-12-22-25/h1-2,4-6,8,10,12-13H,3,7,9,11H2,(H,23,27). The fourth-order valence-corrected chi connectivity index (χ4v) is 3.09. The molecule has 1 aliphatic rings. The van der Waals surface area contributed by atoms with Gasteiger partial charge in [0.1, 0.15) is 12.7 Å². The molecule has 8 nitrogen and oxygen atoms in total. The predicted octanol–water partition coefficient (Wildman–Crippen LogP) is 2.04. The van der Waals surface area contributed by atoms with Crippen molar-refractivity contribution in [2.75, 3.05) is 11.9 Å². The Morgan fingerprint density at radius 1 is 1.22 bits per heavy atom. The molecule has 0 bridgehead atoms. The molecule has 4 rings (SSSR count). The largest absolute Gasteiger partial charge is 0.338 e. The Hall–Kier alpha value is -3.55. The maximum atomic E-state index is 12.7. The number of hydrogen-bond donors (Lipinski definition) is 1. The average molecular weight is 362 g/mol. The van der Waals surface area contributed by atoms with Crippen LogP contribution >= 0.6 is 0 Å². The lowest BCUT2D eigenvalue weighted by molar-refractivity contribution is -0.128. The van der Waals surface area contributed by atoms with E-state index in [0.717, 1.165) is 18.5 Å². The third kappa shape index (κ3) is 3.69. The number of pyridine rings is 1. The van der Waals surface area contributed by atoms with Gasteiger partial charge in [-0.15, -0.1) is 0 Å². The molecule has 2 aromatic heterocycles. The highest BCUT2D eigenvalue weighted by molar-refractivity contribution is 6.05. The third-order valence-electron chi connectivity index (χ3n) is 4.40. The normalized spacial score (nSPS) is 13.8. The van der Waals surface area contributed by atoms with E-state index < -0.39 is 0 Å². The molecule has 1 saturated heterocycles. The summed E-state index contributed by atoms with van der Waals surface area (Å²) in [5.41, 5.74) is 1.99. The lowest BCUT2D eigenvalue weighted by Crippen LogP contribution is -2.24. The first-order chi connectivity index (χ1) is 13.2. The lowest BCUT2D eigenvalue weighted by atomic mass is 10.1. The van der Waals surface area contributed by atoms with Crippen LogP contribution in [0.5, 0.6) is 0 Å². The number of carbonyl (C=O) groups is 2. The minimum atomic E-state index is -0.251. The Morgan fingerprint density at radius 3 is 2.93 bits per heavy atom. The van der Waals surface area contributed by atoms with E-state index in [4.69, 9.17) is 0 Å². The fourth-order valence-electron chi connectivity index (χ4n) is 3.09. The van der Waals surface area contributed by atoms with Gasteiger partial charge in [-0.05, 0) is 36.2 Å². The van der Waals surface area contributed by atoms with Crippen LogP contribution in [0.15, 0.2) is 55.2 Å². The number of amides is 2. The van der Waals surface area contributed by atoms with Gasteiger partial charge in [-0.25, -0.2) is 14.6 Å². The first-order valence-corrected chi connectivity index (χ1v) is 8.69. The summed E-state index contributed by atoms with van der Waals surface area (Å²) in [4.78, 5) is 34.5. The molecule has 0 saturated carbocycles. The Labute approximate surface area is 155 Å². The van der Waals surface area contributed by atoms with Crippen molar-refractivity contribution in [2.24, 2.45) is 0 Å². The molecule has 27 heavy (non-hydrogen) atoms. The summed E-state index contributed by atoms with van der Waals surface area (Å²) in [6, 6.07) is 10.8. The molecule has 0 aliphatic carbocycles. The molecule has 3 aromatic rings. The predicted molar refractivity (Wildman–Crippen MR) is 98.2 cm³/mol. The molecular weight excluding hydrogens is 344 g/mol. The van der Waals surface area contributed by atoms with E-state index in [1.54, 1.807) is 24.4 Å². The van der Waals surface area contributed by atoms with Crippen molar-refractivity contribution in [1.29, 1.82) is 0 Å². The van der Waals surface area contributed by atoms with E-state index in [9.17, 15) is 9.59 Å². The van der Waals surface area contributed by atoms with Crippen LogP contribution in [-0.2, 0) is 11.3 Å². The summed E-state index contributed by atoms with van der Waals surface area (Å²) in [7, 11) is 0. The van der Waals surface area contributed by atoms with Gasteiger partial charge in [0.2, 0.25) is 5.91 Å². The quantitative estimate of drug-likeness (QED) is 0.750. The molecule has 1 N–H and O–H groups in total. The summed E-state index contributed by atoms with van der Waals surface area (Å²) in [5, 5.41) is 6.93. The van der Waals surface area contributed by atoms with Crippen molar-refractivity contribution in [3.63, 3.8) is 0 Å². The minimum absolute atomic E-state index is 0.165. The third-order valence-corrected chi connectivity index (χ3v) is 4.40.